The van der Waals surface area contributed by atoms with Crippen molar-refractivity contribution in [2.45, 2.75) is 32.9 Å². The molecule has 0 aliphatic carbocycles. The standard InChI is InChI=1S/C16H26N4O/c1-16(2,3)18-12-15(21)20-10-8-19(9-11-20)13-14-4-6-17-7-5-14/h4-7,18H,8-13H2,1-3H3. The molecule has 2 heterocycles. The summed E-state index contributed by atoms with van der Waals surface area (Å²) in [5, 5.41) is 3.26. The van der Waals surface area contributed by atoms with Gasteiger partial charge in [-0.05, 0) is 38.5 Å². The molecule has 1 aromatic rings. The van der Waals surface area contributed by atoms with Crippen LogP contribution in [0.15, 0.2) is 24.5 Å². The van der Waals surface area contributed by atoms with Gasteiger partial charge in [0.05, 0.1) is 6.54 Å². The molecule has 0 unspecified atom stereocenters. The molecule has 1 N–H and O–H groups in total. The van der Waals surface area contributed by atoms with Gasteiger partial charge < -0.3 is 10.2 Å². The van der Waals surface area contributed by atoms with E-state index in [1.54, 1.807) is 0 Å². The van der Waals surface area contributed by atoms with Crippen molar-refractivity contribution in [2.24, 2.45) is 0 Å². The smallest absolute Gasteiger partial charge is 0.236 e. The van der Waals surface area contributed by atoms with Crippen LogP contribution in [0.2, 0.25) is 0 Å². The molecule has 1 aliphatic heterocycles. The van der Waals surface area contributed by atoms with Gasteiger partial charge >= 0.3 is 0 Å². The number of carbonyl (C=O) groups is 1. The molecule has 1 fully saturated rings. The van der Waals surface area contributed by atoms with Crippen LogP contribution < -0.4 is 5.32 Å². The van der Waals surface area contributed by atoms with Crippen molar-refractivity contribution in [1.82, 2.24) is 20.1 Å². The van der Waals surface area contributed by atoms with Crippen LogP contribution in [-0.2, 0) is 11.3 Å². The highest BCUT2D eigenvalue weighted by Crippen LogP contribution is 2.08. The second-order valence-corrected chi connectivity index (χ2v) is 6.62. The molecule has 1 aliphatic rings. The number of rotatable bonds is 4. The van der Waals surface area contributed by atoms with Crippen molar-refractivity contribution in [3.8, 4) is 0 Å². The maximum atomic E-state index is 12.1. The monoisotopic (exact) mass is 290 g/mol. The zero-order valence-electron chi connectivity index (χ0n) is 13.3. The van der Waals surface area contributed by atoms with Crippen LogP contribution in [0, 0.1) is 0 Å². The summed E-state index contributed by atoms with van der Waals surface area (Å²) in [5.74, 6) is 0.202. The summed E-state index contributed by atoms with van der Waals surface area (Å²) >= 11 is 0. The van der Waals surface area contributed by atoms with Gasteiger partial charge in [0.2, 0.25) is 5.91 Å². The number of aromatic nitrogens is 1. The highest BCUT2D eigenvalue weighted by Gasteiger charge is 2.22. The van der Waals surface area contributed by atoms with E-state index in [2.05, 4.69) is 36.0 Å². The minimum atomic E-state index is -0.0151. The molecule has 0 atom stereocenters. The van der Waals surface area contributed by atoms with E-state index in [1.807, 2.05) is 29.4 Å². The topological polar surface area (TPSA) is 48.5 Å². The number of carbonyl (C=O) groups excluding carboxylic acids is 1. The number of pyridine rings is 1. The summed E-state index contributed by atoms with van der Waals surface area (Å²) < 4.78 is 0. The quantitative estimate of drug-likeness (QED) is 0.902. The molecule has 1 saturated heterocycles. The van der Waals surface area contributed by atoms with Crippen LogP contribution in [0.5, 0.6) is 0 Å². The Morgan fingerprint density at radius 2 is 1.81 bits per heavy atom. The first-order chi connectivity index (χ1) is 9.94. The number of amides is 1. The van der Waals surface area contributed by atoms with Gasteiger partial charge in [-0.1, -0.05) is 0 Å². The lowest BCUT2D eigenvalue weighted by atomic mass is 10.1. The first-order valence-corrected chi connectivity index (χ1v) is 7.58. The summed E-state index contributed by atoms with van der Waals surface area (Å²) in [4.78, 5) is 20.5. The van der Waals surface area contributed by atoms with Crippen LogP contribution in [0.1, 0.15) is 26.3 Å². The fourth-order valence-corrected chi connectivity index (χ4v) is 2.35. The molecule has 5 heteroatoms. The normalized spacial score (nSPS) is 17.0. The summed E-state index contributed by atoms with van der Waals surface area (Å²) in [6.07, 6.45) is 3.65. The highest BCUT2D eigenvalue weighted by molar-refractivity contribution is 5.78. The summed E-state index contributed by atoms with van der Waals surface area (Å²) in [7, 11) is 0. The van der Waals surface area contributed by atoms with Crippen LogP contribution in [0.3, 0.4) is 0 Å². The third kappa shape index (κ3) is 5.44. The van der Waals surface area contributed by atoms with Crippen molar-refractivity contribution in [3.05, 3.63) is 30.1 Å². The van der Waals surface area contributed by atoms with Crippen molar-refractivity contribution < 1.29 is 4.79 Å². The molecule has 0 radical (unpaired) electrons. The molecule has 5 nitrogen and oxygen atoms in total. The molecular weight excluding hydrogens is 264 g/mol. The van der Waals surface area contributed by atoms with E-state index in [1.165, 1.54) is 5.56 Å². The van der Waals surface area contributed by atoms with Gasteiger partial charge in [0, 0.05) is 50.7 Å². The van der Waals surface area contributed by atoms with Gasteiger partial charge in [-0.15, -0.1) is 0 Å². The Morgan fingerprint density at radius 1 is 1.19 bits per heavy atom. The zero-order chi connectivity index (χ0) is 15.3. The minimum Gasteiger partial charge on any atom is -0.339 e. The van der Waals surface area contributed by atoms with Gasteiger partial charge in [-0.25, -0.2) is 0 Å². The van der Waals surface area contributed by atoms with E-state index in [4.69, 9.17) is 0 Å². The Labute approximate surface area is 127 Å². The molecule has 1 amide bonds. The maximum absolute atomic E-state index is 12.1. The number of nitrogens with zero attached hydrogens (tertiary/aromatic N) is 3. The number of piperazine rings is 1. The van der Waals surface area contributed by atoms with E-state index < -0.39 is 0 Å². The lowest BCUT2D eigenvalue weighted by Crippen LogP contribution is -2.52. The Bertz CT molecular complexity index is 447. The van der Waals surface area contributed by atoms with E-state index >= 15 is 0 Å². The second-order valence-electron chi connectivity index (χ2n) is 6.62. The third-order valence-corrected chi connectivity index (χ3v) is 3.65. The van der Waals surface area contributed by atoms with Gasteiger partial charge in [-0.2, -0.15) is 0 Å². The predicted octanol–water partition coefficient (Wildman–Crippen LogP) is 1.11. The fraction of sp³-hybridized carbons (Fsp3) is 0.625. The summed E-state index contributed by atoms with van der Waals surface area (Å²) in [5.41, 5.74) is 1.26. The number of hydrogen-bond acceptors (Lipinski definition) is 4. The molecule has 21 heavy (non-hydrogen) atoms. The van der Waals surface area contributed by atoms with Crippen molar-refractivity contribution in [3.63, 3.8) is 0 Å². The maximum Gasteiger partial charge on any atom is 0.236 e. The van der Waals surface area contributed by atoms with Gasteiger partial charge in [0.15, 0.2) is 0 Å². The molecule has 0 aromatic carbocycles. The first-order valence-electron chi connectivity index (χ1n) is 7.58. The minimum absolute atomic E-state index is 0.0151. The summed E-state index contributed by atoms with van der Waals surface area (Å²) in [6, 6.07) is 4.09. The van der Waals surface area contributed by atoms with Crippen molar-refractivity contribution >= 4 is 5.91 Å². The first kappa shape index (κ1) is 15.9. The molecular formula is C16H26N4O. The lowest BCUT2D eigenvalue weighted by Gasteiger charge is -2.35. The fourth-order valence-electron chi connectivity index (χ4n) is 2.35. The number of nitrogens with one attached hydrogen (secondary N) is 1. The Kier molecular flexibility index (Phi) is 5.31. The van der Waals surface area contributed by atoms with E-state index in [9.17, 15) is 4.79 Å². The van der Waals surface area contributed by atoms with E-state index in [0.29, 0.717) is 6.54 Å². The van der Waals surface area contributed by atoms with Crippen molar-refractivity contribution in [1.29, 1.82) is 0 Å². The molecule has 116 valence electrons. The van der Waals surface area contributed by atoms with Crippen LogP contribution in [0.25, 0.3) is 0 Å². The average molecular weight is 290 g/mol. The predicted molar refractivity (Wildman–Crippen MR) is 83.8 cm³/mol. The van der Waals surface area contributed by atoms with Gasteiger partial charge in [0.1, 0.15) is 0 Å². The van der Waals surface area contributed by atoms with Crippen molar-refractivity contribution in [2.75, 3.05) is 32.7 Å². The molecule has 0 saturated carbocycles. The summed E-state index contributed by atoms with van der Waals surface area (Å²) in [6.45, 7) is 11.1. The van der Waals surface area contributed by atoms with E-state index in [0.717, 1.165) is 32.7 Å². The van der Waals surface area contributed by atoms with Crippen LogP contribution in [-0.4, -0.2) is 59.0 Å². The van der Waals surface area contributed by atoms with E-state index in [-0.39, 0.29) is 11.4 Å². The molecule has 0 spiro atoms. The largest absolute Gasteiger partial charge is 0.339 e. The van der Waals surface area contributed by atoms with Crippen LogP contribution >= 0.6 is 0 Å². The lowest BCUT2D eigenvalue weighted by molar-refractivity contribution is -0.132. The Balaban J connectivity index is 1.74. The molecule has 0 bridgehead atoms. The average Bonchev–Trinajstić information content (AvgIpc) is 2.46. The number of hydrogen-bond donors (Lipinski definition) is 1. The highest BCUT2D eigenvalue weighted by atomic mass is 16.2. The SMILES string of the molecule is CC(C)(C)NCC(=O)N1CCN(Cc2ccncc2)CC1. The molecule has 1 aromatic heterocycles. The zero-order valence-corrected chi connectivity index (χ0v) is 13.3. The van der Waals surface area contributed by atoms with Gasteiger partial charge in [0.25, 0.3) is 0 Å². The Hall–Kier alpha value is -1.46. The third-order valence-electron chi connectivity index (χ3n) is 3.65. The second kappa shape index (κ2) is 7.00. The van der Waals surface area contributed by atoms with Crippen LogP contribution in [0.4, 0.5) is 0 Å². The Morgan fingerprint density at radius 3 is 2.38 bits per heavy atom. The molecule has 2 rings (SSSR count). The van der Waals surface area contributed by atoms with Gasteiger partial charge in [-0.3, -0.25) is 14.7 Å².